The number of carbonyl (C=O) groups excluding carboxylic acids is 3. The molecule has 0 aliphatic carbocycles. The van der Waals surface area contributed by atoms with Crippen LogP contribution in [0.2, 0.25) is 0 Å². The highest BCUT2D eigenvalue weighted by Gasteiger charge is 2.68. The number of hydrogen-bond donors (Lipinski definition) is 2. The van der Waals surface area contributed by atoms with E-state index in [1.54, 1.807) is 0 Å². The van der Waals surface area contributed by atoms with Gasteiger partial charge in [0.25, 0.3) is 0 Å². The lowest BCUT2D eigenvalue weighted by Gasteiger charge is -2.29. The SMILES string of the molecule is COC(=O)[C@]1(CO)N[C@H](c2ccc3c(c2)OC(F)(F)O3)[C@@H]2C(=O)N(C)C(=O)[C@@H]21. The molecule has 28 heavy (non-hydrogen) atoms. The van der Waals surface area contributed by atoms with Crippen LogP contribution in [0.3, 0.4) is 0 Å². The molecule has 0 unspecified atom stereocenters. The Bertz CT molecular complexity index is 892. The first-order chi connectivity index (χ1) is 13.1. The molecule has 0 aromatic heterocycles. The molecule has 4 rings (SSSR count). The highest BCUT2D eigenvalue weighted by Crippen LogP contribution is 2.50. The van der Waals surface area contributed by atoms with Crippen molar-refractivity contribution in [1.29, 1.82) is 0 Å². The van der Waals surface area contributed by atoms with Gasteiger partial charge in [0.1, 0.15) is 0 Å². The largest absolute Gasteiger partial charge is 0.586 e. The standard InChI is InChI=1S/C17H16F2N2O7/c1-21-13(23)10-11(14(21)24)16(6-22,15(25)26-2)20-12(10)7-3-4-8-9(5-7)28-17(18,19)27-8/h3-5,10-12,20,22H,6H2,1-2H3/t10-,11-,12-,16-/m1/s1. The molecule has 1 aromatic carbocycles. The van der Waals surface area contributed by atoms with Gasteiger partial charge in [-0.1, -0.05) is 6.07 Å². The number of aliphatic hydroxyl groups is 1. The normalized spacial score (nSPS) is 32.6. The maximum absolute atomic E-state index is 13.3. The average Bonchev–Trinajstić information content (AvgIpc) is 3.25. The van der Waals surface area contributed by atoms with E-state index < -0.39 is 54.1 Å². The van der Waals surface area contributed by atoms with Gasteiger partial charge in [-0.2, -0.15) is 0 Å². The van der Waals surface area contributed by atoms with Crippen molar-refractivity contribution in [2.24, 2.45) is 11.8 Å². The zero-order valence-electron chi connectivity index (χ0n) is 14.8. The third-order valence-corrected chi connectivity index (χ3v) is 5.46. The molecule has 4 atom stereocenters. The van der Waals surface area contributed by atoms with E-state index in [0.717, 1.165) is 12.0 Å². The number of benzene rings is 1. The number of alkyl halides is 2. The number of hydrogen-bond acceptors (Lipinski definition) is 8. The van der Waals surface area contributed by atoms with E-state index in [-0.39, 0.29) is 11.5 Å². The van der Waals surface area contributed by atoms with Crippen molar-refractivity contribution in [3.8, 4) is 11.5 Å². The predicted octanol–water partition coefficient (Wildman–Crippen LogP) is -0.213. The Hall–Kier alpha value is -2.79. The molecule has 0 saturated carbocycles. The number of aliphatic hydroxyl groups excluding tert-OH is 1. The maximum Gasteiger partial charge on any atom is 0.586 e. The van der Waals surface area contributed by atoms with Gasteiger partial charge in [-0.25, -0.2) is 4.79 Å². The summed E-state index contributed by atoms with van der Waals surface area (Å²) in [5.74, 6) is -4.78. The maximum atomic E-state index is 13.3. The molecule has 2 fully saturated rings. The Labute approximate surface area is 157 Å². The number of rotatable bonds is 3. The second-order valence-corrected chi connectivity index (χ2v) is 6.86. The third kappa shape index (κ3) is 2.32. The monoisotopic (exact) mass is 398 g/mol. The lowest BCUT2D eigenvalue weighted by atomic mass is 9.79. The minimum Gasteiger partial charge on any atom is -0.468 e. The lowest BCUT2D eigenvalue weighted by Crippen LogP contribution is -2.58. The van der Waals surface area contributed by atoms with E-state index in [1.807, 2.05) is 0 Å². The highest BCUT2D eigenvalue weighted by atomic mass is 19.3. The molecule has 0 spiro atoms. The molecule has 2 N–H and O–H groups in total. The van der Waals surface area contributed by atoms with E-state index in [0.29, 0.717) is 5.56 Å². The number of nitrogens with zero attached hydrogens (tertiary/aromatic N) is 1. The Balaban J connectivity index is 1.80. The van der Waals surface area contributed by atoms with Crippen LogP contribution in [0.25, 0.3) is 0 Å². The van der Waals surface area contributed by atoms with Crippen LogP contribution in [0.4, 0.5) is 8.78 Å². The number of esters is 1. The number of fused-ring (bicyclic) bond motifs is 2. The van der Waals surface area contributed by atoms with Crippen molar-refractivity contribution < 1.29 is 42.5 Å². The summed E-state index contributed by atoms with van der Waals surface area (Å²) in [6, 6.07) is 2.97. The second kappa shape index (κ2) is 5.85. The van der Waals surface area contributed by atoms with Gasteiger partial charge in [0, 0.05) is 13.1 Å². The summed E-state index contributed by atoms with van der Waals surface area (Å²) in [6.45, 7) is -0.799. The van der Waals surface area contributed by atoms with Gasteiger partial charge in [0.05, 0.1) is 25.6 Å². The molecule has 150 valence electrons. The molecule has 3 heterocycles. The Kier molecular flexibility index (Phi) is 3.88. The summed E-state index contributed by atoms with van der Waals surface area (Å²) in [6.07, 6.45) is -3.81. The number of ether oxygens (including phenoxy) is 3. The summed E-state index contributed by atoms with van der Waals surface area (Å²) >= 11 is 0. The third-order valence-electron chi connectivity index (χ3n) is 5.46. The molecular formula is C17H16F2N2O7. The quantitative estimate of drug-likeness (QED) is 0.531. The fraction of sp³-hybridized carbons (Fsp3) is 0.471. The number of methoxy groups -OCH3 is 1. The second-order valence-electron chi connectivity index (χ2n) is 6.86. The first-order valence-corrected chi connectivity index (χ1v) is 8.33. The lowest BCUT2D eigenvalue weighted by molar-refractivity contribution is -0.286. The van der Waals surface area contributed by atoms with Crippen molar-refractivity contribution in [3.63, 3.8) is 0 Å². The fourth-order valence-corrected chi connectivity index (χ4v) is 4.17. The van der Waals surface area contributed by atoms with Crippen molar-refractivity contribution in [2.45, 2.75) is 17.9 Å². The Morgan fingerprint density at radius 3 is 2.61 bits per heavy atom. The first-order valence-electron chi connectivity index (χ1n) is 8.33. The van der Waals surface area contributed by atoms with E-state index in [4.69, 9.17) is 4.74 Å². The van der Waals surface area contributed by atoms with Gasteiger partial charge in [0.2, 0.25) is 11.8 Å². The summed E-state index contributed by atoms with van der Waals surface area (Å²) in [5.41, 5.74) is -1.53. The van der Waals surface area contributed by atoms with Crippen LogP contribution in [0, 0.1) is 11.8 Å². The molecule has 0 radical (unpaired) electrons. The van der Waals surface area contributed by atoms with Crippen LogP contribution < -0.4 is 14.8 Å². The zero-order chi connectivity index (χ0) is 20.4. The molecule has 0 bridgehead atoms. The van der Waals surface area contributed by atoms with Crippen LogP contribution in [-0.2, 0) is 19.1 Å². The molecular weight excluding hydrogens is 382 g/mol. The smallest absolute Gasteiger partial charge is 0.468 e. The van der Waals surface area contributed by atoms with Crippen molar-refractivity contribution in [2.75, 3.05) is 20.8 Å². The number of carbonyl (C=O) groups is 3. The van der Waals surface area contributed by atoms with Crippen LogP contribution in [0.5, 0.6) is 11.5 Å². The zero-order valence-corrected chi connectivity index (χ0v) is 14.8. The highest BCUT2D eigenvalue weighted by molar-refractivity contribution is 6.09. The topological polar surface area (TPSA) is 114 Å². The minimum atomic E-state index is -3.81. The molecule has 3 aliphatic rings. The van der Waals surface area contributed by atoms with Gasteiger partial charge in [0.15, 0.2) is 17.0 Å². The molecule has 2 saturated heterocycles. The van der Waals surface area contributed by atoms with E-state index in [2.05, 4.69) is 14.8 Å². The molecule has 2 amide bonds. The molecule has 9 nitrogen and oxygen atoms in total. The molecule has 1 aromatic rings. The van der Waals surface area contributed by atoms with Crippen molar-refractivity contribution in [3.05, 3.63) is 23.8 Å². The average molecular weight is 398 g/mol. The summed E-state index contributed by atoms with van der Waals surface area (Å²) in [7, 11) is 2.37. The van der Waals surface area contributed by atoms with Gasteiger partial charge >= 0.3 is 12.3 Å². The number of nitrogens with one attached hydrogen (secondary N) is 1. The van der Waals surface area contributed by atoms with Gasteiger partial charge < -0.3 is 19.3 Å². The van der Waals surface area contributed by atoms with Crippen LogP contribution in [-0.4, -0.2) is 60.4 Å². The molecule has 3 aliphatic heterocycles. The Morgan fingerprint density at radius 1 is 1.29 bits per heavy atom. The van der Waals surface area contributed by atoms with Crippen molar-refractivity contribution >= 4 is 17.8 Å². The number of likely N-dealkylation sites (tertiary alicyclic amines) is 1. The molecule has 11 heteroatoms. The van der Waals surface area contributed by atoms with Gasteiger partial charge in [-0.15, -0.1) is 8.78 Å². The van der Waals surface area contributed by atoms with Crippen LogP contribution in [0.1, 0.15) is 11.6 Å². The van der Waals surface area contributed by atoms with Crippen LogP contribution in [0.15, 0.2) is 18.2 Å². The summed E-state index contributed by atoms with van der Waals surface area (Å²) in [5, 5.41) is 12.8. The van der Waals surface area contributed by atoms with E-state index in [9.17, 15) is 28.3 Å². The van der Waals surface area contributed by atoms with Crippen molar-refractivity contribution in [1.82, 2.24) is 10.2 Å². The van der Waals surface area contributed by atoms with Crippen LogP contribution >= 0.6 is 0 Å². The fourth-order valence-electron chi connectivity index (χ4n) is 4.17. The minimum absolute atomic E-state index is 0.185. The predicted molar refractivity (Wildman–Crippen MR) is 85.1 cm³/mol. The number of imide groups is 1. The summed E-state index contributed by atoms with van der Waals surface area (Å²) < 4.78 is 40.1. The van der Waals surface area contributed by atoms with E-state index in [1.165, 1.54) is 25.2 Å². The first kappa shape index (κ1) is 18.6. The van der Waals surface area contributed by atoms with Gasteiger partial charge in [-0.3, -0.25) is 19.8 Å². The van der Waals surface area contributed by atoms with Gasteiger partial charge in [-0.05, 0) is 17.7 Å². The number of amides is 2. The van der Waals surface area contributed by atoms with E-state index >= 15 is 0 Å². The summed E-state index contributed by atoms with van der Waals surface area (Å²) in [4.78, 5) is 38.7. The number of halogens is 2. The Morgan fingerprint density at radius 2 is 1.96 bits per heavy atom.